The second-order valence-corrected chi connectivity index (χ2v) is 6.72. The number of likely N-dealkylation sites (tertiary alicyclic amines) is 1. The van der Waals surface area contributed by atoms with Gasteiger partial charge in [0.25, 0.3) is 0 Å². The van der Waals surface area contributed by atoms with Gasteiger partial charge in [-0.25, -0.2) is 4.98 Å². The number of carbonyl (C=O) groups is 1. The maximum atomic E-state index is 11.8. The zero-order valence-electron chi connectivity index (χ0n) is 15.1. The second kappa shape index (κ2) is 10.2. The Bertz CT molecular complexity index is 605. The number of unbranched alkanes of at least 4 members (excludes halogenated alkanes) is 1. The van der Waals surface area contributed by atoms with E-state index in [1.165, 1.54) is 0 Å². The van der Waals surface area contributed by atoms with Gasteiger partial charge >= 0.3 is 0 Å². The lowest BCUT2D eigenvalue weighted by Gasteiger charge is -2.26. The van der Waals surface area contributed by atoms with Crippen LogP contribution >= 0.6 is 11.6 Å². The van der Waals surface area contributed by atoms with Crippen LogP contribution in [-0.4, -0.2) is 40.4 Å². The molecular weight excluding hydrogens is 338 g/mol. The summed E-state index contributed by atoms with van der Waals surface area (Å²) < 4.78 is 0. The van der Waals surface area contributed by atoms with E-state index in [9.17, 15) is 4.79 Å². The minimum atomic E-state index is 0.271. The van der Waals surface area contributed by atoms with Gasteiger partial charge in [-0.2, -0.15) is 4.98 Å². The summed E-state index contributed by atoms with van der Waals surface area (Å²) in [6.45, 7) is 6.51. The number of halogens is 1. The number of aromatic nitrogens is 2. The van der Waals surface area contributed by atoms with Gasteiger partial charge in [0, 0.05) is 31.8 Å². The fourth-order valence-corrected chi connectivity index (χ4v) is 2.87. The molecule has 0 bridgehead atoms. The van der Waals surface area contributed by atoms with Crippen molar-refractivity contribution in [2.45, 2.75) is 52.4 Å². The van der Waals surface area contributed by atoms with Crippen molar-refractivity contribution in [3.05, 3.63) is 23.0 Å². The number of piperidine rings is 1. The Balaban J connectivity index is 1.82. The van der Waals surface area contributed by atoms with Crippen LogP contribution in [0.25, 0.3) is 0 Å². The number of nitrogens with zero attached hydrogens (tertiary/aromatic N) is 3. The lowest BCUT2D eigenvalue weighted by atomic mass is 10.1. The average molecular weight is 366 g/mol. The first kappa shape index (κ1) is 19.5. The van der Waals surface area contributed by atoms with Gasteiger partial charge < -0.3 is 15.5 Å². The molecule has 0 saturated carbocycles. The summed E-state index contributed by atoms with van der Waals surface area (Å²) in [5, 5.41) is 6.92. The molecular formula is C18H28ClN5O. The molecule has 1 aliphatic heterocycles. The molecule has 0 aromatic carbocycles. The largest absolute Gasteiger partial charge is 0.369 e. The number of allylic oxidation sites excluding steroid dienone is 2. The summed E-state index contributed by atoms with van der Waals surface area (Å²) >= 11 is 6.17. The maximum absolute atomic E-state index is 11.8. The Morgan fingerprint density at radius 1 is 1.44 bits per heavy atom. The average Bonchev–Trinajstić information content (AvgIpc) is 2.61. The summed E-state index contributed by atoms with van der Waals surface area (Å²) in [5.41, 5.74) is 1.03. The highest BCUT2D eigenvalue weighted by molar-refractivity contribution is 6.32. The van der Waals surface area contributed by atoms with Gasteiger partial charge in [-0.05, 0) is 32.6 Å². The number of amides is 1. The quantitative estimate of drug-likeness (QED) is 0.646. The van der Waals surface area contributed by atoms with Crippen LogP contribution in [0.15, 0.2) is 18.0 Å². The standard InChI is InChI=1S/C18H28ClN5O/c1-3-4-8-14(2)22-18-21-13-15(19)17(23-18)20-10-7-12-24-11-6-5-9-16(24)25/h8,13H,3-7,9-12H2,1-2H3,(H2,20,21,22,23)/b14-8+. The zero-order valence-corrected chi connectivity index (χ0v) is 15.9. The van der Waals surface area contributed by atoms with E-state index in [0.29, 0.717) is 29.8 Å². The Labute approximate surface area is 155 Å². The van der Waals surface area contributed by atoms with E-state index >= 15 is 0 Å². The molecule has 0 atom stereocenters. The van der Waals surface area contributed by atoms with E-state index in [-0.39, 0.29) is 5.91 Å². The maximum Gasteiger partial charge on any atom is 0.228 e. The summed E-state index contributed by atoms with van der Waals surface area (Å²) in [6.07, 6.45) is 9.53. The van der Waals surface area contributed by atoms with Crippen molar-refractivity contribution in [3.63, 3.8) is 0 Å². The second-order valence-electron chi connectivity index (χ2n) is 6.31. The highest BCUT2D eigenvalue weighted by atomic mass is 35.5. The summed E-state index contributed by atoms with van der Waals surface area (Å²) in [6, 6.07) is 0. The van der Waals surface area contributed by atoms with Crippen LogP contribution in [0, 0.1) is 0 Å². The van der Waals surface area contributed by atoms with Crippen LogP contribution in [0.5, 0.6) is 0 Å². The molecule has 1 fully saturated rings. The molecule has 138 valence electrons. The Hall–Kier alpha value is -1.82. The van der Waals surface area contributed by atoms with Gasteiger partial charge in [0.2, 0.25) is 11.9 Å². The first-order valence-electron chi connectivity index (χ1n) is 9.08. The molecule has 25 heavy (non-hydrogen) atoms. The fraction of sp³-hybridized carbons (Fsp3) is 0.611. The third-order valence-corrected chi connectivity index (χ3v) is 4.39. The highest BCUT2D eigenvalue weighted by Crippen LogP contribution is 2.20. The first-order valence-corrected chi connectivity index (χ1v) is 9.46. The molecule has 2 N–H and O–H groups in total. The van der Waals surface area contributed by atoms with E-state index in [0.717, 1.165) is 50.9 Å². The number of nitrogens with one attached hydrogen (secondary N) is 2. The SMILES string of the molecule is CCC/C=C(\C)Nc1ncc(Cl)c(NCCCN2CCCCC2=O)n1. The lowest BCUT2D eigenvalue weighted by molar-refractivity contribution is -0.133. The zero-order chi connectivity index (χ0) is 18.1. The monoisotopic (exact) mass is 365 g/mol. The third-order valence-electron chi connectivity index (χ3n) is 4.11. The van der Waals surface area contributed by atoms with Gasteiger partial charge in [-0.1, -0.05) is 31.0 Å². The molecule has 2 heterocycles. The van der Waals surface area contributed by atoms with Crippen LogP contribution in [-0.2, 0) is 4.79 Å². The van der Waals surface area contributed by atoms with E-state index in [2.05, 4.69) is 33.6 Å². The number of carbonyl (C=O) groups excluding carboxylic acids is 1. The molecule has 0 spiro atoms. The molecule has 6 nitrogen and oxygen atoms in total. The van der Waals surface area contributed by atoms with Crippen LogP contribution < -0.4 is 10.6 Å². The number of rotatable bonds is 9. The van der Waals surface area contributed by atoms with Gasteiger partial charge in [0.05, 0.1) is 6.20 Å². The van der Waals surface area contributed by atoms with Crippen molar-refractivity contribution < 1.29 is 4.79 Å². The molecule has 2 rings (SSSR count). The third kappa shape index (κ3) is 6.53. The molecule has 7 heteroatoms. The molecule has 1 aromatic rings. The molecule has 0 radical (unpaired) electrons. The fourth-order valence-electron chi connectivity index (χ4n) is 2.71. The molecule has 0 unspecified atom stereocenters. The number of hydrogen-bond acceptors (Lipinski definition) is 5. The molecule has 1 saturated heterocycles. The molecule has 1 aliphatic rings. The van der Waals surface area contributed by atoms with Crippen LogP contribution in [0.3, 0.4) is 0 Å². The summed E-state index contributed by atoms with van der Waals surface area (Å²) in [5.74, 6) is 1.42. The van der Waals surface area contributed by atoms with E-state index in [1.54, 1.807) is 6.20 Å². The molecule has 0 aliphatic carbocycles. The molecule has 1 amide bonds. The highest BCUT2D eigenvalue weighted by Gasteiger charge is 2.17. The van der Waals surface area contributed by atoms with Gasteiger partial charge in [-0.15, -0.1) is 0 Å². The van der Waals surface area contributed by atoms with E-state index < -0.39 is 0 Å². The number of hydrogen-bond donors (Lipinski definition) is 2. The van der Waals surface area contributed by atoms with Crippen molar-refractivity contribution in [1.29, 1.82) is 0 Å². The Kier molecular flexibility index (Phi) is 7.98. The van der Waals surface area contributed by atoms with E-state index in [1.807, 2.05) is 11.8 Å². The number of anilines is 2. The van der Waals surface area contributed by atoms with Crippen molar-refractivity contribution in [2.24, 2.45) is 0 Å². The van der Waals surface area contributed by atoms with E-state index in [4.69, 9.17) is 11.6 Å². The van der Waals surface area contributed by atoms with Crippen LogP contribution in [0.1, 0.15) is 52.4 Å². The predicted molar refractivity (Wildman–Crippen MR) is 103 cm³/mol. The summed E-state index contributed by atoms with van der Waals surface area (Å²) in [7, 11) is 0. The normalized spacial score (nSPS) is 15.4. The Morgan fingerprint density at radius 3 is 3.04 bits per heavy atom. The van der Waals surface area contributed by atoms with Crippen molar-refractivity contribution in [3.8, 4) is 0 Å². The molecule has 1 aromatic heterocycles. The van der Waals surface area contributed by atoms with Crippen molar-refractivity contribution in [1.82, 2.24) is 14.9 Å². The lowest BCUT2D eigenvalue weighted by Crippen LogP contribution is -2.36. The Morgan fingerprint density at radius 2 is 2.28 bits per heavy atom. The van der Waals surface area contributed by atoms with Crippen LogP contribution in [0.4, 0.5) is 11.8 Å². The first-order chi connectivity index (χ1) is 12.1. The minimum Gasteiger partial charge on any atom is -0.369 e. The van der Waals surface area contributed by atoms with Crippen molar-refractivity contribution in [2.75, 3.05) is 30.3 Å². The summed E-state index contributed by atoms with van der Waals surface area (Å²) in [4.78, 5) is 22.4. The van der Waals surface area contributed by atoms with Gasteiger partial charge in [0.1, 0.15) is 10.8 Å². The van der Waals surface area contributed by atoms with Crippen LogP contribution in [0.2, 0.25) is 5.02 Å². The van der Waals surface area contributed by atoms with Gasteiger partial charge in [0.15, 0.2) is 0 Å². The smallest absolute Gasteiger partial charge is 0.228 e. The van der Waals surface area contributed by atoms with Crippen molar-refractivity contribution >= 4 is 29.3 Å². The predicted octanol–water partition coefficient (Wildman–Crippen LogP) is 4.06. The van der Waals surface area contributed by atoms with Gasteiger partial charge in [-0.3, -0.25) is 4.79 Å². The minimum absolute atomic E-state index is 0.271. The topological polar surface area (TPSA) is 70.2 Å².